The van der Waals surface area contributed by atoms with E-state index in [0.717, 1.165) is 32.5 Å². The fraction of sp³-hybridized carbons (Fsp3) is 0.667. The minimum absolute atomic E-state index is 0.0227. The van der Waals surface area contributed by atoms with Crippen molar-refractivity contribution < 1.29 is 19.1 Å². The summed E-state index contributed by atoms with van der Waals surface area (Å²) in [6, 6.07) is 10.5. The zero-order valence-electron chi connectivity index (χ0n) is 19.3. The third-order valence-electron chi connectivity index (χ3n) is 5.75. The van der Waals surface area contributed by atoms with Gasteiger partial charge in [0, 0.05) is 38.3 Å². The summed E-state index contributed by atoms with van der Waals surface area (Å²) in [7, 11) is 0. The van der Waals surface area contributed by atoms with Crippen LogP contribution in [0.1, 0.15) is 52.5 Å². The van der Waals surface area contributed by atoms with Crippen molar-refractivity contribution in [1.29, 1.82) is 0 Å². The molecule has 0 spiro atoms. The van der Waals surface area contributed by atoms with Crippen molar-refractivity contribution in [2.75, 3.05) is 26.2 Å². The van der Waals surface area contributed by atoms with Gasteiger partial charge in [-0.2, -0.15) is 0 Å². The van der Waals surface area contributed by atoms with Crippen LogP contribution in [0.25, 0.3) is 0 Å². The summed E-state index contributed by atoms with van der Waals surface area (Å²) in [5.41, 5.74) is 0.773. The highest BCUT2D eigenvalue weighted by atomic mass is 16.6. The first-order chi connectivity index (χ1) is 14.7. The highest BCUT2D eigenvalue weighted by molar-refractivity contribution is 5.77. The molecule has 0 unspecified atom stereocenters. The first kappa shape index (κ1) is 23.5. The quantitative estimate of drug-likeness (QED) is 0.775. The lowest BCUT2D eigenvalue weighted by Gasteiger charge is -2.38. The van der Waals surface area contributed by atoms with Gasteiger partial charge in [0.05, 0.1) is 19.1 Å². The number of nitrogens with one attached hydrogen (secondary N) is 1. The SMILES string of the molecule is C[C@@H]1C[C@@H](NC(=O)C[C@H]2CN(Cc3ccccc3)CCO2)CCN1C(=O)OC(C)(C)C. The van der Waals surface area contributed by atoms with Crippen molar-refractivity contribution in [3.63, 3.8) is 0 Å². The molecule has 1 aromatic carbocycles. The number of hydrogen-bond donors (Lipinski definition) is 1. The van der Waals surface area contributed by atoms with Gasteiger partial charge in [0.15, 0.2) is 0 Å². The molecule has 2 saturated heterocycles. The van der Waals surface area contributed by atoms with Gasteiger partial charge in [-0.3, -0.25) is 9.69 Å². The molecule has 2 fully saturated rings. The van der Waals surface area contributed by atoms with Crippen LogP contribution >= 0.6 is 0 Å². The highest BCUT2D eigenvalue weighted by Crippen LogP contribution is 2.21. The van der Waals surface area contributed by atoms with Crippen LogP contribution in [0.3, 0.4) is 0 Å². The molecule has 2 aliphatic rings. The summed E-state index contributed by atoms with van der Waals surface area (Å²) in [5, 5.41) is 3.15. The fourth-order valence-electron chi connectivity index (χ4n) is 4.28. The summed E-state index contributed by atoms with van der Waals surface area (Å²) < 4.78 is 11.3. The molecule has 0 bridgehead atoms. The third kappa shape index (κ3) is 7.51. The Bertz CT molecular complexity index is 734. The first-order valence-corrected chi connectivity index (χ1v) is 11.4. The summed E-state index contributed by atoms with van der Waals surface area (Å²) in [5.74, 6) is 0.0227. The van der Waals surface area contributed by atoms with E-state index in [-0.39, 0.29) is 30.2 Å². The topological polar surface area (TPSA) is 71.1 Å². The van der Waals surface area contributed by atoms with Crippen molar-refractivity contribution in [3.8, 4) is 0 Å². The van der Waals surface area contributed by atoms with Crippen molar-refractivity contribution >= 4 is 12.0 Å². The van der Waals surface area contributed by atoms with E-state index < -0.39 is 5.60 Å². The Labute approximate surface area is 186 Å². The number of morpholine rings is 1. The predicted molar refractivity (Wildman–Crippen MR) is 120 cm³/mol. The summed E-state index contributed by atoms with van der Waals surface area (Å²) in [6.45, 7) is 11.4. The van der Waals surface area contributed by atoms with Crippen molar-refractivity contribution in [2.45, 2.75) is 77.3 Å². The van der Waals surface area contributed by atoms with Crippen LogP contribution in [0, 0.1) is 0 Å². The van der Waals surface area contributed by atoms with Crippen molar-refractivity contribution in [1.82, 2.24) is 15.1 Å². The summed E-state index contributed by atoms with van der Waals surface area (Å²) in [6.07, 6.45) is 1.47. The normalized spacial score (nSPS) is 25.2. The van der Waals surface area contributed by atoms with Gasteiger partial charge in [-0.15, -0.1) is 0 Å². The van der Waals surface area contributed by atoms with Gasteiger partial charge >= 0.3 is 6.09 Å². The Balaban J connectivity index is 1.42. The maximum absolute atomic E-state index is 12.6. The lowest BCUT2D eigenvalue weighted by molar-refractivity contribution is -0.127. The van der Waals surface area contributed by atoms with E-state index in [9.17, 15) is 9.59 Å². The van der Waals surface area contributed by atoms with Crippen molar-refractivity contribution in [3.05, 3.63) is 35.9 Å². The van der Waals surface area contributed by atoms with Gasteiger partial charge in [-0.1, -0.05) is 30.3 Å². The lowest BCUT2D eigenvalue weighted by atomic mass is 9.98. The van der Waals surface area contributed by atoms with E-state index in [0.29, 0.717) is 19.6 Å². The van der Waals surface area contributed by atoms with Crippen LogP contribution in [0.5, 0.6) is 0 Å². The van der Waals surface area contributed by atoms with E-state index in [2.05, 4.69) is 34.5 Å². The van der Waals surface area contributed by atoms with Crippen LogP contribution in [0.4, 0.5) is 4.79 Å². The fourth-order valence-corrected chi connectivity index (χ4v) is 4.28. The molecule has 172 valence electrons. The minimum Gasteiger partial charge on any atom is -0.444 e. The largest absolute Gasteiger partial charge is 0.444 e. The molecule has 0 radical (unpaired) electrons. The average Bonchev–Trinajstić information content (AvgIpc) is 2.67. The maximum atomic E-state index is 12.6. The molecule has 0 saturated carbocycles. The van der Waals surface area contributed by atoms with Gasteiger partial charge in [0.2, 0.25) is 5.91 Å². The van der Waals surface area contributed by atoms with E-state index in [1.807, 2.05) is 33.8 Å². The van der Waals surface area contributed by atoms with E-state index >= 15 is 0 Å². The Hall–Kier alpha value is -2.12. The minimum atomic E-state index is -0.504. The molecule has 3 rings (SSSR count). The summed E-state index contributed by atoms with van der Waals surface area (Å²) >= 11 is 0. The third-order valence-corrected chi connectivity index (χ3v) is 5.75. The van der Waals surface area contributed by atoms with Gasteiger partial charge in [-0.05, 0) is 46.1 Å². The lowest BCUT2D eigenvalue weighted by Crippen LogP contribution is -2.52. The monoisotopic (exact) mass is 431 g/mol. The number of piperidine rings is 1. The van der Waals surface area contributed by atoms with Crippen LogP contribution in [0.2, 0.25) is 0 Å². The van der Waals surface area contributed by atoms with Crippen LogP contribution in [0.15, 0.2) is 30.3 Å². The Morgan fingerprint density at radius 2 is 1.94 bits per heavy atom. The van der Waals surface area contributed by atoms with E-state index in [1.54, 1.807) is 4.90 Å². The molecular formula is C24H37N3O4. The molecule has 1 N–H and O–H groups in total. The predicted octanol–water partition coefficient (Wildman–Crippen LogP) is 3.18. The van der Waals surface area contributed by atoms with Gasteiger partial charge in [0.1, 0.15) is 5.60 Å². The van der Waals surface area contributed by atoms with Gasteiger partial charge in [0.25, 0.3) is 0 Å². The number of ether oxygens (including phenoxy) is 2. The second-order valence-electron chi connectivity index (χ2n) is 9.73. The van der Waals surface area contributed by atoms with E-state index in [1.165, 1.54) is 5.56 Å². The number of hydrogen-bond acceptors (Lipinski definition) is 5. The zero-order chi connectivity index (χ0) is 22.4. The van der Waals surface area contributed by atoms with E-state index in [4.69, 9.17) is 9.47 Å². The molecule has 0 aromatic heterocycles. The number of rotatable bonds is 5. The number of nitrogens with zero attached hydrogens (tertiary/aromatic N) is 2. The summed E-state index contributed by atoms with van der Waals surface area (Å²) in [4.78, 5) is 29.1. The number of amides is 2. The van der Waals surface area contributed by atoms with Crippen molar-refractivity contribution in [2.24, 2.45) is 0 Å². The molecule has 31 heavy (non-hydrogen) atoms. The number of carbonyl (C=O) groups excluding carboxylic acids is 2. The standard InChI is InChI=1S/C24H37N3O4/c1-18-14-20(10-11-27(18)23(29)31-24(2,3)4)25-22(28)15-21-17-26(12-13-30-21)16-19-8-6-5-7-9-19/h5-9,18,20-21H,10-17H2,1-4H3,(H,25,28)/t18-,20+,21+/m1/s1. The second-order valence-corrected chi connectivity index (χ2v) is 9.73. The number of benzene rings is 1. The maximum Gasteiger partial charge on any atom is 0.410 e. The molecule has 7 heteroatoms. The Morgan fingerprint density at radius 1 is 1.19 bits per heavy atom. The molecule has 7 nitrogen and oxygen atoms in total. The molecule has 2 amide bonds. The molecular weight excluding hydrogens is 394 g/mol. The van der Waals surface area contributed by atoms with Crippen LogP contribution < -0.4 is 5.32 Å². The highest BCUT2D eigenvalue weighted by Gasteiger charge is 2.33. The smallest absolute Gasteiger partial charge is 0.410 e. The molecule has 1 aromatic rings. The average molecular weight is 432 g/mol. The Kier molecular flexibility index (Phi) is 7.94. The second kappa shape index (κ2) is 10.5. The van der Waals surface area contributed by atoms with Crippen LogP contribution in [-0.4, -0.2) is 71.8 Å². The molecule has 0 aliphatic carbocycles. The van der Waals surface area contributed by atoms with Gasteiger partial charge < -0.3 is 19.7 Å². The van der Waals surface area contributed by atoms with Crippen LogP contribution in [-0.2, 0) is 20.8 Å². The molecule has 2 aliphatic heterocycles. The van der Waals surface area contributed by atoms with Gasteiger partial charge in [-0.25, -0.2) is 4.79 Å². The molecule has 2 heterocycles. The first-order valence-electron chi connectivity index (χ1n) is 11.4. The zero-order valence-corrected chi connectivity index (χ0v) is 19.3. The Morgan fingerprint density at radius 3 is 2.61 bits per heavy atom. The number of likely N-dealkylation sites (tertiary alicyclic amines) is 1. The number of carbonyl (C=O) groups is 2. The molecule has 3 atom stereocenters.